The quantitative estimate of drug-likeness (QED) is 0.421. The number of ether oxygens (including phenoxy) is 1. The summed E-state index contributed by atoms with van der Waals surface area (Å²) in [5.41, 5.74) is 0. The lowest BCUT2D eigenvalue weighted by Gasteiger charge is -2.19. The van der Waals surface area contributed by atoms with E-state index in [1.54, 1.807) is 0 Å². The molecule has 0 aliphatic carbocycles. The maximum absolute atomic E-state index is 13.7. The fraction of sp³-hybridized carbons (Fsp3) is 0.316. The molecule has 0 fully saturated rings. The van der Waals surface area contributed by atoms with E-state index in [1.165, 1.54) is 7.11 Å². The van der Waals surface area contributed by atoms with Crippen LogP contribution in [-0.2, 0) is 14.1 Å². The SMILES string of the molecule is COC(=O)CCCCCP(=O)(c1ccccc1)c1ccccc1. The predicted molar refractivity (Wildman–Crippen MR) is 95.1 cm³/mol. The Morgan fingerprint density at radius 3 is 1.87 bits per heavy atom. The number of benzene rings is 2. The highest BCUT2D eigenvalue weighted by Crippen LogP contribution is 2.44. The molecular weight excluding hydrogens is 307 g/mol. The number of rotatable bonds is 8. The second-order valence-electron chi connectivity index (χ2n) is 5.52. The summed E-state index contributed by atoms with van der Waals surface area (Å²) in [5, 5.41) is 1.80. The Kier molecular flexibility index (Phi) is 6.61. The van der Waals surface area contributed by atoms with Gasteiger partial charge in [-0.15, -0.1) is 0 Å². The molecule has 0 unspecified atom stereocenters. The zero-order valence-corrected chi connectivity index (χ0v) is 14.4. The van der Waals surface area contributed by atoms with Gasteiger partial charge in [0.15, 0.2) is 0 Å². The van der Waals surface area contributed by atoms with E-state index in [4.69, 9.17) is 0 Å². The van der Waals surface area contributed by atoms with Crippen molar-refractivity contribution in [3.63, 3.8) is 0 Å². The highest BCUT2D eigenvalue weighted by atomic mass is 31.2. The Morgan fingerprint density at radius 2 is 1.39 bits per heavy atom. The van der Waals surface area contributed by atoms with E-state index in [0.29, 0.717) is 12.6 Å². The summed E-state index contributed by atoms with van der Waals surface area (Å²) in [5.74, 6) is -0.181. The third kappa shape index (κ3) is 4.80. The summed E-state index contributed by atoms with van der Waals surface area (Å²) in [4.78, 5) is 11.1. The van der Waals surface area contributed by atoms with Crippen molar-refractivity contribution in [1.29, 1.82) is 0 Å². The number of hydrogen-bond acceptors (Lipinski definition) is 3. The molecule has 0 N–H and O–H groups in total. The third-order valence-electron chi connectivity index (χ3n) is 3.93. The first-order valence-corrected chi connectivity index (χ1v) is 9.83. The van der Waals surface area contributed by atoms with Crippen molar-refractivity contribution < 1.29 is 14.1 Å². The van der Waals surface area contributed by atoms with Gasteiger partial charge in [-0.1, -0.05) is 67.1 Å². The number of esters is 1. The lowest BCUT2D eigenvalue weighted by atomic mass is 10.2. The Hall–Kier alpha value is -1.86. The largest absolute Gasteiger partial charge is 0.469 e. The lowest BCUT2D eigenvalue weighted by molar-refractivity contribution is -0.140. The molecule has 0 aliphatic heterocycles. The molecule has 0 saturated carbocycles. The molecule has 0 aliphatic rings. The molecular formula is C19H23O3P. The van der Waals surface area contributed by atoms with Crippen molar-refractivity contribution in [1.82, 2.24) is 0 Å². The van der Waals surface area contributed by atoms with Crippen LogP contribution in [0.25, 0.3) is 0 Å². The van der Waals surface area contributed by atoms with Crippen LogP contribution < -0.4 is 10.6 Å². The van der Waals surface area contributed by atoms with Gasteiger partial charge in [-0.2, -0.15) is 0 Å². The lowest BCUT2D eigenvalue weighted by Crippen LogP contribution is -2.18. The second-order valence-corrected chi connectivity index (χ2v) is 8.48. The number of carbonyl (C=O) groups is 1. The standard InChI is InChI=1S/C19H23O3P/c1-22-19(20)15-9-4-10-16-23(21,17-11-5-2-6-12-17)18-13-7-3-8-14-18/h2-3,5-8,11-14H,4,9-10,15-16H2,1H3. The first-order valence-electron chi connectivity index (χ1n) is 7.94. The molecule has 2 aromatic carbocycles. The van der Waals surface area contributed by atoms with Gasteiger partial charge in [-0.05, 0) is 12.8 Å². The van der Waals surface area contributed by atoms with Crippen molar-refractivity contribution in [2.75, 3.05) is 13.3 Å². The van der Waals surface area contributed by atoms with Crippen molar-refractivity contribution >= 4 is 23.7 Å². The average Bonchev–Trinajstić information content (AvgIpc) is 2.62. The molecule has 23 heavy (non-hydrogen) atoms. The van der Waals surface area contributed by atoms with Gasteiger partial charge in [0.25, 0.3) is 0 Å². The van der Waals surface area contributed by atoms with Crippen molar-refractivity contribution in [2.45, 2.75) is 25.7 Å². The maximum Gasteiger partial charge on any atom is 0.305 e. The molecule has 0 heterocycles. The molecule has 2 aromatic rings. The Morgan fingerprint density at radius 1 is 0.870 bits per heavy atom. The van der Waals surface area contributed by atoms with E-state index in [9.17, 15) is 9.36 Å². The first kappa shape index (κ1) is 17.5. The summed E-state index contributed by atoms with van der Waals surface area (Å²) >= 11 is 0. The van der Waals surface area contributed by atoms with Crippen LogP contribution in [0, 0.1) is 0 Å². The van der Waals surface area contributed by atoms with Crippen LogP contribution in [0.5, 0.6) is 0 Å². The van der Waals surface area contributed by atoms with Crippen molar-refractivity contribution in [2.24, 2.45) is 0 Å². The van der Waals surface area contributed by atoms with Crippen LogP contribution in [0.2, 0.25) is 0 Å². The minimum Gasteiger partial charge on any atom is -0.469 e. The van der Waals surface area contributed by atoms with Gasteiger partial charge < -0.3 is 9.30 Å². The zero-order chi connectivity index (χ0) is 16.5. The number of methoxy groups -OCH3 is 1. The molecule has 0 radical (unpaired) electrons. The fourth-order valence-electron chi connectivity index (χ4n) is 2.63. The normalized spacial score (nSPS) is 11.2. The van der Waals surface area contributed by atoms with Crippen molar-refractivity contribution in [3.05, 3.63) is 60.7 Å². The molecule has 2 rings (SSSR count). The number of unbranched alkanes of at least 4 members (excludes halogenated alkanes) is 2. The van der Waals surface area contributed by atoms with E-state index in [0.717, 1.165) is 29.9 Å². The summed E-state index contributed by atoms with van der Waals surface area (Å²) in [6.07, 6.45) is 3.53. The van der Waals surface area contributed by atoms with Crippen LogP contribution >= 0.6 is 7.14 Å². The van der Waals surface area contributed by atoms with Gasteiger partial charge in [0.1, 0.15) is 7.14 Å². The minimum absolute atomic E-state index is 0.181. The van der Waals surface area contributed by atoms with E-state index in [-0.39, 0.29) is 5.97 Å². The fourth-order valence-corrected chi connectivity index (χ4v) is 5.42. The van der Waals surface area contributed by atoms with E-state index in [1.807, 2.05) is 60.7 Å². The first-order chi connectivity index (χ1) is 11.2. The van der Waals surface area contributed by atoms with Gasteiger partial charge in [0, 0.05) is 23.2 Å². The number of hydrogen-bond donors (Lipinski definition) is 0. The predicted octanol–water partition coefficient (Wildman–Crippen LogP) is 3.73. The van der Waals surface area contributed by atoms with Crippen LogP contribution in [0.3, 0.4) is 0 Å². The van der Waals surface area contributed by atoms with Crippen LogP contribution in [-0.4, -0.2) is 19.2 Å². The van der Waals surface area contributed by atoms with Gasteiger partial charge in [0.2, 0.25) is 0 Å². The molecule has 0 spiro atoms. The Labute approximate surface area is 138 Å². The van der Waals surface area contributed by atoms with Gasteiger partial charge in [-0.3, -0.25) is 4.79 Å². The molecule has 0 atom stereocenters. The monoisotopic (exact) mass is 330 g/mol. The van der Waals surface area contributed by atoms with Gasteiger partial charge in [-0.25, -0.2) is 0 Å². The molecule has 122 valence electrons. The molecule has 0 saturated heterocycles. The minimum atomic E-state index is -2.61. The smallest absolute Gasteiger partial charge is 0.305 e. The second kappa shape index (κ2) is 8.69. The average molecular weight is 330 g/mol. The highest BCUT2D eigenvalue weighted by molar-refractivity contribution is 7.78. The summed E-state index contributed by atoms with van der Waals surface area (Å²) in [6.45, 7) is 0. The number of carbonyl (C=O) groups excluding carboxylic acids is 1. The van der Waals surface area contributed by atoms with Crippen LogP contribution in [0.1, 0.15) is 25.7 Å². The Bertz CT molecular complexity index is 609. The van der Waals surface area contributed by atoms with E-state index in [2.05, 4.69) is 4.74 Å². The van der Waals surface area contributed by atoms with E-state index >= 15 is 0 Å². The zero-order valence-electron chi connectivity index (χ0n) is 13.5. The third-order valence-corrected chi connectivity index (χ3v) is 7.14. The topological polar surface area (TPSA) is 43.4 Å². The maximum atomic E-state index is 13.7. The van der Waals surface area contributed by atoms with Crippen LogP contribution in [0.4, 0.5) is 0 Å². The summed E-state index contributed by atoms with van der Waals surface area (Å²) < 4.78 is 18.3. The molecule has 0 bridgehead atoms. The molecule has 4 heteroatoms. The van der Waals surface area contributed by atoms with Crippen LogP contribution in [0.15, 0.2) is 60.7 Å². The van der Waals surface area contributed by atoms with Crippen molar-refractivity contribution in [3.8, 4) is 0 Å². The van der Waals surface area contributed by atoms with Gasteiger partial charge >= 0.3 is 5.97 Å². The molecule has 0 amide bonds. The molecule has 3 nitrogen and oxygen atoms in total. The Balaban J connectivity index is 2.07. The van der Waals surface area contributed by atoms with E-state index < -0.39 is 7.14 Å². The summed E-state index contributed by atoms with van der Waals surface area (Å²) in [6, 6.07) is 19.4. The molecule has 0 aromatic heterocycles. The highest BCUT2D eigenvalue weighted by Gasteiger charge is 2.26. The summed E-state index contributed by atoms with van der Waals surface area (Å²) in [7, 11) is -1.21. The van der Waals surface area contributed by atoms with Gasteiger partial charge in [0.05, 0.1) is 7.11 Å².